The van der Waals surface area contributed by atoms with Crippen LogP contribution in [0.1, 0.15) is 19.4 Å². The first-order chi connectivity index (χ1) is 14.1. The molecule has 2 aromatic rings. The lowest BCUT2D eigenvalue weighted by atomic mass is 10.1. The molecule has 0 fully saturated rings. The van der Waals surface area contributed by atoms with Crippen LogP contribution in [0.2, 0.25) is 0 Å². The highest BCUT2D eigenvalue weighted by molar-refractivity contribution is 5.88. The molecule has 0 heterocycles. The fourth-order valence-electron chi connectivity index (χ4n) is 2.64. The summed E-state index contributed by atoms with van der Waals surface area (Å²) in [5.74, 6) is 2.22. The second-order valence-corrected chi connectivity index (χ2v) is 6.34. The van der Waals surface area contributed by atoms with Gasteiger partial charge in [-0.15, -0.1) is 0 Å². The van der Waals surface area contributed by atoms with Gasteiger partial charge in [-0.05, 0) is 43.2 Å². The highest BCUT2D eigenvalue weighted by atomic mass is 16.5. The Kier molecular flexibility index (Phi) is 9.35. The zero-order chi connectivity index (χ0) is 20.9. The van der Waals surface area contributed by atoms with Crippen molar-refractivity contribution in [3.05, 3.63) is 54.1 Å². The third-order valence-corrected chi connectivity index (χ3v) is 3.99. The Balaban J connectivity index is 1.76. The van der Waals surface area contributed by atoms with Crippen molar-refractivity contribution in [2.75, 3.05) is 38.7 Å². The van der Waals surface area contributed by atoms with E-state index in [0.717, 1.165) is 30.4 Å². The first kappa shape index (κ1) is 22.1. The van der Waals surface area contributed by atoms with E-state index in [9.17, 15) is 4.79 Å². The SMILES string of the molecule is CCNC(=NCCc1ccc(OC)cc1)NCCOc1cccc(NC(C)=O)c1. The average Bonchev–Trinajstić information content (AvgIpc) is 2.71. The van der Waals surface area contributed by atoms with Gasteiger partial charge in [-0.25, -0.2) is 0 Å². The lowest BCUT2D eigenvalue weighted by Gasteiger charge is -2.12. The van der Waals surface area contributed by atoms with Crippen LogP contribution in [0.25, 0.3) is 0 Å². The summed E-state index contributed by atoms with van der Waals surface area (Å²) in [6.45, 7) is 6.07. The fourth-order valence-corrected chi connectivity index (χ4v) is 2.64. The van der Waals surface area contributed by atoms with Crippen LogP contribution in [0, 0.1) is 0 Å². The number of methoxy groups -OCH3 is 1. The highest BCUT2D eigenvalue weighted by Crippen LogP contribution is 2.17. The predicted molar refractivity (Wildman–Crippen MR) is 117 cm³/mol. The molecule has 29 heavy (non-hydrogen) atoms. The van der Waals surface area contributed by atoms with Crippen LogP contribution in [0.15, 0.2) is 53.5 Å². The molecule has 0 aromatic heterocycles. The van der Waals surface area contributed by atoms with Crippen molar-refractivity contribution in [1.82, 2.24) is 10.6 Å². The van der Waals surface area contributed by atoms with E-state index >= 15 is 0 Å². The van der Waals surface area contributed by atoms with Crippen molar-refractivity contribution in [3.8, 4) is 11.5 Å². The number of nitrogens with zero attached hydrogens (tertiary/aromatic N) is 1. The van der Waals surface area contributed by atoms with Crippen molar-refractivity contribution in [2.45, 2.75) is 20.3 Å². The van der Waals surface area contributed by atoms with Gasteiger partial charge in [0.05, 0.1) is 13.7 Å². The number of rotatable bonds is 10. The molecule has 0 aliphatic rings. The van der Waals surface area contributed by atoms with Gasteiger partial charge in [-0.1, -0.05) is 18.2 Å². The smallest absolute Gasteiger partial charge is 0.221 e. The highest BCUT2D eigenvalue weighted by Gasteiger charge is 2.01. The van der Waals surface area contributed by atoms with E-state index in [0.29, 0.717) is 25.4 Å². The van der Waals surface area contributed by atoms with Crippen LogP contribution in [-0.2, 0) is 11.2 Å². The molecule has 0 bridgehead atoms. The molecule has 2 aromatic carbocycles. The Morgan fingerprint density at radius 1 is 1.07 bits per heavy atom. The van der Waals surface area contributed by atoms with Crippen LogP contribution in [-0.4, -0.2) is 45.2 Å². The zero-order valence-electron chi connectivity index (χ0n) is 17.3. The maximum atomic E-state index is 11.1. The van der Waals surface area contributed by atoms with Gasteiger partial charge < -0.3 is 25.4 Å². The molecule has 0 aliphatic carbocycles. The van der Waals surface area contributed by atoms with Gasteiger partial charge in [0.25, 0.3) is 0 Å². The van der Waals surface area contributed by atoms with Crippen molar-refractivity contribution in [3.63, 3.8) is 0 Å². The van der Waals surface area contributed by atoms with Gasteiger partial charge >= 0.3 is 0 Å². The van der Waals surface area contributed by atoms with E-state index in [1.807, 2.05) is 37.3 Å². The summed E-state index contributed by atoms with van der Waals surface area (Å²) in [4.78, 5) is 15.7. The van der Waals surface area contributed by atoms with Crippen molar-refractivity contribution in [2.24, 2.45) is 4.99 Å². The first-order valence-electron chi connectivity index (χ1n) is 9.76. The summed E-state index contributed by atoms with van der Waals surface area (Å²) in [7, 11) is 1.66. The summed E-state index contributed by atoms with van der Waals surface area (Å²) in [5, 5.41) is 9.24. The van der Waals surface area contributed by atoms with Gasteiger partial charge in [-0.3, -0.25) is 9.79 Å². The minimum Gasteiger partial charge on any atom is -0.497 e. The molecule has 7 heteroatoms. The number of nitrogens with one attached hydrogen (secondary N) is 3. The summed E-state index contributed by atoms with van der Waals surface area (Å²) in [6.07, 6.45) is 0.854. The van der Waals surface area contributed by atoms with E-state index in [-0.39, 0.29) is 5.91 Å². The molecule has 0 saturated carbocycles. The molecule has 1 amide bonds. The van der Waals surface area contributed by atoms with Gasteiger partial charge in [0, 0.05) is 31.8 Å². The van der Waals surface area contributed by atoms with Crippen LogP contribution in [0.4, 0.5) is 5.69 Å². The number of aliphatic imine (C=N–C) groups is 1. The summed E-state index contributed by atoms with van der Waals surface area (Å²) in [6, 6.07) is 15.4. The normalized spacial score (nSPS) is 10.9. The Labute approximate surface area is 172 Å². The Bertz CT molecular complexity index is 791. The summed E-state index contributed by atoms with van der Waals surface area (Å²) < 4.78 is 10.9. The summed E-state index contributed by atoms with van der Waals surface area (Å²) in [5.41, 5.74) is 1.93. The molecule has 0 atom stereocenters. The molecule has 3 N–H and O–H groups in total. The largest absolute Gasteiger partial charge is 0.497 e. The molecular weight excluding hydrogens is 368 g/mol. The number of hydrogen-bond acceptors (Lipinski definition) is 4. The number of anilines is 1. The number of hydrogen-bond donors (Lipinski definition) is 3. The number of carbonyl (C=O) groups excluding carboxylic acids is 1. The molecule has 0 unspecified atom stereocenters. The number of ether oxygens (including phenoxy) is 2. The van der Waals surface area contributed by atoms with E-state index in [1.54, 1.807) is 13.2 Å². The second kappa shape index (κ2) is 12.3. The van der Waals surface area contributed by atoms with Gasteiger partial charge in [0.15, 0.2) is 5.96 Å². The minimum atomic E-state index is -0.107. The van der Waals surface area contributed by atoms with Gasteiger partial charge in [0.2, 0.25) is 5.91 Å². The van der Waals surface area contributed by atoms with Crippen LogP contribution < -0.4 is 25.4 Å². The predicted octanol–water partition coefficient (Wildman–Crippen LogP) is 2.83. The molecular formula is C22H30N4O3. The maximum Gasteiger partial charge on any atom is 0.221 e. The third kappa shape index (κ3) is 8.55. The first-order valence-corrected chi connectivity index (χ1v) is 9.76. The van der Waals surface area contributed by atoms with E-state index in [4.69, 9.17) is 9.47 Å². The van der Waals surface area contributed by atoms with Crippen molar-refractivity contribution < 1.29 is 14.3 Å². The monoisotopic (exact) mass is 398 g/mol. The second-order valence-electron chi connectivity index (χ2n) is 6.34. The molecule has 0 aliphatic heterocycles. The lowest BCUT2D eigenvalue weighted by Crippen LogP contribution is -2.39. The van der Waals surface area contributed by atoms with E-state index in [1.165, 1.54) is 12.5 Å². The molecule has 0 spiro atoms. The Hall–Kier alpha value is -3.22. The van der Waals surface area contributed by atoms with E-state index < -0.39 is 0 Å². The maximum absolute atomic E-state index is 11.1. The van der Waals surface area contributed by atoms with Crippen molar-refractivity contribution in [1.29, 1.82) is 0 Å². The standard InChI is InChI=1S/C22H30N4O3/c1-4-23-22(24-13-12-18-8-10-20(28-3)11-9-18)25-14-15-29-21-7-5-6-19(16-21)26-17(2)27/h5-11,16H,4,12-15H2,1-3H3,(H,26,27)(H2,23,24,25). The van der Waals surface area contributed by atoms with Gasteiger partial charge in [0.1, 0.15) is 18.1 Å². The summed E-state index contributed by atoms with van der Waals surface area (Å²) >= 11 is 0. The average molecular weight is 399 g/mol. The lowest BCUT2D eigenvalue weighted by molar-refractivity contribution is -0.114. The number of amides is 1. The minimum absolute atomic E-state index is 0.107. The molecule has 0 radical (unpaired) electrons. The van der Waals surface area contributed by atoms with Crippen LogP contribution >= 0.6 is 0 Å². The number of benzene rings is 2. The van der Waals surface area contributed by atoms with Crippen LogP contribution in [0.5, 0.6) is 11.5 Å². The molecule has 7 nitrogen and oxygen atoms in total. The zero-order valence-corrected chi connectivity index (χ0v) is 17.3. The Morgan fingerprint density at radius 2 is 1.86 bits per heavy atom. The van der Waals surface area contributed by atoms with Crippen LogP contribution in [0.3, 0.4) is 0 Å². The number of carbonyl (C=O) groups is 1. The third-order valence-electron chi connectivity index (χ3n) is 3.99. The van der Waals surface area contributed by atoms with Gasteiger partial charge in [-0.2, -0.15) is 0 Å². The fraction of sp³-hybridized carbons (Fsp3) is 0.364. The number of guanidine groups is 1. The molecule has 0 saturated heterocycles. The molecule has 2 rings (SSSR count). The quantitative estimate of drug-likeness (QED) is 0.326. The molecule has 156 valence electrons. The van der Waals surface area contributed by atoms with E-state index in [2.05, 4.69) is 33.1 Å². The Morgan fingerprint density at radius 3 is 2.55 bits per heavy atom. The van der Waals surface area contributed by atoms with Crippen molar-refractivity contribution >= 4 is 17.6 Å². The topological polar surface area (TPSA) is 84.0 Å².